The number of hydrogen-bond acceptors (Lipinski definition) is 6. The molecule has 0 aliphatic heterocycles. The predicted molar refractivity (Wildman–Crippen MR) is 97.4 cm³/mol. The van der Waals surface area contributed by atoms with Gasteiger partial charge in [-0.3, -0.25) is 4.79 Å². The topological polar surface area (TPSA) is 99.9 Å². The van der Waals surface area contributed by atoms with Crippen molar-refractivity contribution in [3.8, 4) is 11.5 Å². The van der Waals surface area contributed by atoms with Gasteiger partial charge in [-0.25, -0.2) is 4.79 Å². The Hall–Kier alpha value is -3.22. The summed E-state index contributed by atoms with van der Waals surface area (Å²) in [5, 5.41) is 2.69. The van der Waals surface area contributed by atoms with Crippen LogP contribution in [0.2, 0.25) is 0 Å². The van der Waals surface area contributed by atoms with Crippen LogP contribution in [0.1, 0.15) is 15.9 Å². The summed E-state index contributed by atoms with van der Waals surface area (Å²) in [5.74, 6) is -0.356. The zero-order valence-corrected chi connectivity index (χ0v) is 14.9. The van der Waals surface area contributed by atoms with Crippen molar-refractivity contribution in [3.63, 3.8) is 0 Å². The van der Waals surface area contributed by atoms with Crippen LogP contribution in [0.3, 0.4) is 0 Å². The van der Waals surface area contributed by atoms with Gasteiger partial charge in [0.2, 0.25) is 0 Å². The largest absolute Gasteiger partial charge is 0.496 e. The first-order valence-corrected chi connectivity index (χ1v) is 7.94. The molecule has 3 N–H and O–H groups in total. The van der Waals surface area contributed by atoms with E-state index in [1.807, 2.05) is 0 Å². The van der Waals surface area contributed by atoms with Crippen LogP contribution >= 0.6 is 0 Å². The van der Waals surface area contributed by atoms with Crippen molar-refractivity contribution in [2.24, 2.45) is 0 Å². The van der Waals surface area contributed by atoms with E-state index in [1.54, 1.807) is 42.5 Å². The molecule has 0 fully saturated rings. The maximum absolute atomic E-state index is 12.8. The number of benzene rings is 2. The molecule has 0 aromatic heterocycles. The van der Waals surface area contributed by atoms with Gasteiger partial charge in [0.05, 0.1) is 21.3 Å². The highest BCUT2D eigenvalue weighted by molar-refractivity contribution is 6.01. The van der Waals surface area contributed by atoms with Crippen molar-refractivity contribution in [1.82, 2.24) is 5.32 Å². The highest BCUT2D eigenvalue weighted by atomic mass is 16.5. The fourth-order valence-corrected chi connectivity index (χ4v) is 2.53. The first-order valence-electron chi connectivity index (χ1n) is 7.94. The minimum absolute atomic E-state index is 0.212. The number of ether oxygens (including phenoxy) is 3. The van der Waals surface area contributed by atoms with Crippen LogP contribution in [0.25, 0.3) is 0 Å². The lowest BCUT2D eigenvalue weighted by atomic mass is 10.0. The van der Waals surface area contributed by atoms with Crippen molar-refractivity contribution in [3.05, 3.63) is 53.6 Å². The molecule has 0 saturated carbocycles. The molecule has 0 radical (unpaired) electrons. The molecule has 26 heavy (non-hydrogen) atoms. The monoisotopic (exact) mass is 358 g/mol. The van der Waals surface area contributed by atoms with Crippen LogP contribution in [0.5, 0.6) is 11.5 Å². The third-order valence-electron chi connectivity index (χ3n) is 3.87. The fourth-order valence-electron chi connectivity index (χ4n) is 2.53. The van der Waals surface area contributed by atoms with Crippen LogP contribution in [-0.4, -0.2) is 39.2 Å². The molecule has 0 aliphatic rings. The number of rotatable bonds is 7. The summed E-state index contributed by atoms with van der Waals surface area (Å²) in [4.78, 5) is 24.9. The lowest BCUT2D eigenvalue weighted by Crippen LogP contribution is -2.43. The molecule has 7 heteroatoms. The number of nitrogens with one attached hydrogen (secondary N) is 1. The van der Waals surface area contributed by atoms with E-state index in [0.717, 1.165) is 5.56 Å². The average Bonchev–Trinajstić information content (AvgIpc) is 2.67. The molecular weight excluding hydrogens is 336 g/mol. The van der Waals surface area contributed by atoms with E-state index in [9.17, 15) is 9.59 Å². The minimum atomic E-state index is -0.870. The van der Waals surface area contributed by atoms with Crippen LogP contribution < -0.4 is 20.5 Å². The lowest BCUT2D eigenvalue weighted by molar-refractivity contribution is -0.142. The second kappa shape index (κ2) is 8.75. The van der Waals surface area contributed by atoms with Crippen molar-refractivity contribution < 1.29 is 23.8 Å². The third kappa shape index (κ3) is 4.44. The van der Waals surface area contributed by atoms with Gasteiger partial charge >= 0.3 is 5.97 Å². The number of nitrogen functional groups attached to an aromatic ring is 1. The molecule has 7 nitrogen and oxygen atoms in total. The van der Waals surface area contributed by atoms with Crippen LogP contribution in [0, 0.1) is 0 Å². The zero-order valence-electron chi connectivity index (χ0n) is 14.9. The number of hydrogen-bond donors (Lipinski definition) is 2. The van der Waals surface area contributed by atoms with Gasteiger partial charge in [-0.2, -0.15) is 0 Å². The van der Waals surface area contributed by atoms with E-state index in [4.69, 9.17) is 19.9 Å². The van der Waals surface area contributed by atoms with Gasteiger partial charge in [0, 0.05) is 12.1 Å². The standard InChI is InChI=1S/C19H22N2O5/c1-24-15-5-4-6-16(25-2)17(15)18(22)21-14(19(23)26-3)11-12-7-9-13(20)10-8-12/h4-10,14H,11,20H2,1-3H3,(H,21,22)/t14-/m0/s1. The number of esters is 1. The predicted octanol–water partition coefficient (Wildman–Crippen LogP) is 1.80. The molecule has 2 aromatic carbocycles. The molecule has 0 spiro atoms. The number of methoxy groups -OCH3 is 3. The van der Waals surface area contributed by atoms with Gasteiger partial charge in [-0.1, -0.05) is 18.2 Å². The second-order valence-corrected chi connectivity index (χ2v) is 5.53. The number of amides is 1. The Labute approximate surface area is 152 Å². The van der Waals surface area contributed by atoms with Gasteiger partial charge < -0.3 is 25.3 Å². The molecule has 0 heterocycles. The summed E-state index contributed by atoms with van der Waals surface area (Å²) >= 11 is 0. The van der Waals surface area contributed by atoms with E-state index in [0.29, 0.717) is 17.2 Å². The number of nitrogens with two attached hydrogens (primary N) is 1. The summed E-state index contributed by atoms with van der Waals surface area (Å²) in [6, 6.07) is 11.2. The summed E-state index contributed by atoms with van der Waals surface area (Å²) in [6.07, 6.45) is 0.260. The highest BCUT2D eigenvalue weighted by Crippen LogP contribution is 2.28. The van der Waals surface area contributed by atoms with Gasteiger partial charge in [-0.15, -0.1) is 0 Å². The van der Waals surface area contributed by atoms with Crippen LogP contribution in [-0.2, 0) is 16.0 Å². The van der Waals surface area contributed by atoms with Crippen LogP contribution in [0.15, 0.2) is 42.5 Å². The Kier molecular flexibility index (Phi) is 6.43. The number of carbonyl (C=O) groups is 2. The molecule has 0 bridgehead atoms. The third-order valence-corrected chi connectivity index (χ3v) is 3.87. The zero-order chi connectivity index (χ0) is 19.1. The smallest absolute Gasteiger partial charge is 0.328 e. The first kappa shape index (κ1) is 19.1. The fraction of sp³-hybridized carbons (Fsp3) is 0.263. The number of anilines is 1. The average molecular weight is 358 g/mol. The number of carbonyl (C=O) groups excluding carboxylic acids is 2. The Morgan fingerprint density at radius 2 is 1.58 bits per heavy atom. The van der Waals surface area contributed by atoms with Crippen molar-refractivity contribution >= 4 is 17.6 Å². The Morgan fingerprint density at radius 3 is 2.08 bits per heavy atom. The molecule has 2 rings (SSSR count). The quantitative estimate of drug-likeness (QED) is 0.578. The Bertz CT molecular complexity index is 752. The highest BCUT2D eigenvalue weighted by Gasteiger charge is 2.26. The maximum Gasteiger partial charge on any atom is 0.328 e. The summed E-state index contributed by atoms with van der Waals surface area (Å²) in [7, 11) is 4.18. The molecule has 2 aromatic rings. The van der Waals surface area contributed by atoms with Crippen molar-refractivity contribution in [1.29, 1.82) is 0 Å². The molecular formula is C19H22N2O5. The van der Waals surface area contributed by atoms with Crippen LogP contribution in [0.4, 0.5) is 5.69 Å². The molecule has 0 aliphatic carbocycles. The molecule has 0 saturated heterocycles. The van der Waals surface area contributed by atoms with Gasteiger partial charge in [0.15, 0.2) is 0 Å². The van der Waals surface area contributed by atoms with E-state index >= 15 is 0 Å². The summed E-state index contributed by atoms with van der Waals surface area (Å²) in [5.41, 5.74) is 7.34. The first-order chi connectivity index (χ1) is 12.5. The normalized spacial score (nSPS) is 11.3. The molecule has 1 amide bonds. The van der Waals surface area contributed by atoms with Gasteiger partial charge in [0.1, 0.15) is 23.1 Å². The SMILES string of the molecule is COC(=O)[C@H](Cc1ccc(N)cc1)NC(=O)c1c(OC)cccc1OC. The van der Waals surface area contributed by atoms with Crippen molar-refractivity contribution in [2.45, 2.75) is 12.5 Å². The molecule has 138 valence electrons. The maximum atomic E-state index is 12.8. The summed E-state index contributed by atoms with van der Waals surface area (Å²) in [6.45, 7) is 0. The molecule has 1 atom stereocenters. The van der Waals surface area contributed by atoms with Crippen molar-refractivity contribution in [2.75, 3.05) is 27.1 Å². The van der Waals surface area contributed by atoms with E-state index < -0.39 is 17.9 Å². The van der Waals surface area contributed by atoms with E-state index in [1.165, 1.54) is 21.3 Å². The van der Waals surface area contributed by atoms with Gasteiger partial charge in [-0.05, 0) is 29.8 Å². The van der Waals surface area contributed by atoms with Gasteiger partial charge in [0.25, 0.3) is 5.91 Å². The minimum Gasteiger partial charge on any atom is -0.496 e. The van der Waals surface area contributed by atoms with E-state index in [2.05, 4.69) is 5.32 Å². The molecule has 0 unspecified atom stereocenters. The lowest BCUT2D eigenvalue weighted by Gasteiger charge is -2.19. The van der Waals surface area contributed by atoms with E-state index in [-0.39, 0.29) is 12.0 Å². The second-order valence-electron chi connectivity index (χ2n) is 5.53. The Balaban J connectivity index is 2.27. The summed E-state index contributed by atoms with van der Waals surface area (Å²) < 4.78 is 15.3. The Morgan fingerprint density at radius 1 is 1.00 bits per heavy atom.